The van der Waals surface area contributed by atoms with Gasteiger partial charge in [0.15, 0.2) is 6.10 Å². The molecule has 1 aromatic carbocycles. The Morgan fingerprint density at radius 2 is 2.13 bits per heavy atom. The van der Waals surface area contributed by atoms with Gasteiger partial charge in [0.2, 0.25) is 5.91 Å². The Morgan fingerprint density at radius 3 is 2.90 bits per heavy atom. The number of ether oxygens (including phenoxy) is 3. The fraction of sp³-hybridized carbons (Fsp3) is 0.476. The second-order valence-corrected chi connectivity index (χ2v) is 8.17. The van der Waals surface area contributed by atoms with Crippen LogP contribution in [0.2, 0.25) is 0 Å². The zero-order valence-corrected chi connectivity index (χ0v) is 17.9. The van der Waals surface area contributed by atoms with Crippen LogP contribution < -0.4 is 9.64 Å². The monoisotopic (exact) mass is 431 g/mol. The lowest BCUT2D eigenvalue weighted by atomic mass is 10.1. The summed E-state index contributed by atoms with van der Waals surface area (Å²) in [6.45, 7) is 4.44. The largest absolute Gasteiger partial charge is 0.479 e. The van der Waals surface area contributed by atoms with Gasteiger partial charge in [0.25, 0.3) is 5.91 Å². The molecule has 0 radical (unpaired) electrons. The molecule has 1 saturated heterocycles. The number of hydrogen-bond donors (Lipinski definition) is 0. The normalized spacial score (nSPS) is 18.9. The maximum absolute atomic E-state index is 12.9. The molecule has 1 aromatic heterocycles. The second-order valence-electron chi connectivity index (χ2n) is 7.23. The molecular weight excluding hydrogens is 406 g/mol. The van der Waals surface area contributed by atoms with E-state index in [9.17, 15) is 9.59 Å². The SMILES string of the molecule is COCCc1nc(-c2ccc3c(c2)N(CC(=O)N2CCOCC2)C(=O)C(C)O3)cs1. The van der Waals surface area contributed by atoms with E-state index in [4.69, 9.17) is 14.2 Å². The van der Waals surface area contributed by atoms with Gasteiger partial charge in [-0.2, -0.15) is 0 Å². The minimum Gasteiger partial charge on any atom is -0.479 e. The molecule has 1 fully saturated rings. The van der Waals surface area contributed by atoms with Crippen molar-refractivity contribution in [3.05, 3.63) is 28.6 Å². The molecule has 2 aliphatic rings. The summed E-state index contributed by atoms with van der Waals surface area (Å²) < 4.78 is 16.2. The van der Waals surface area contributed by atoms with Crippen LogP contribution in [0.5, 0.6) is 5.75 Å². The molecule has 1 unspecified atom stereocenters. The maximum Gasteiger partial charge on any atom is 0.268 e. The van der Waals surface area contributed by atoms with Gasteiger partial charge in [-0.3, -0.25) is 14.5 Å². The highest BCUT2D eigenvalue weighted by Crippen LogP contribution is 2.37. The number of carbonyl (C=O) groups is 2. The van der Waals surface area contributed by atoms with E-state index in [2.05, 4.69) is 4.98 Å². The first-order valence-corrected chi connectivity index (χ1v) is 10.9. The van der Waals surface area contributed by atoms with E-state index in [0.29, 0.717) is 44.3 Å². The zero-order valence-electron chi connectivity index (χ0n) is 17.1. The summed E-state index contributed by atoms with van der Waals surface area (Å²) in [5.74, 6) is 0.281. The van der Waals surface area contributed by atoms with Gasteiger partial charge in [-0.15, -0.1) is 11.3 Å². The van der Waals surface area contributed by atoms with E-state index in [0.717, 1.165) is 22.7 Å². The van der Waals surface area contributed by atoms with Crippen molar-refractivity contribution in [3.63, 3.8) is 0 Å². The Morgan fingerprint density at radius 1 is 1.33 bits per heavy atom. The molecule has 0 N–H and O–H groups in total. The standard InChI is InChI=1S/C21H25N3O5S/c1-14-21(26)24(12-20(25)23-6-9-28-10-7-23)17-11-15(3-4-18(17)29-14)16-13-30-19(22-16)5-8-27-2/h3-4,11,13-14H,5-10,12H2,1-2H3. The predicted octanol–water partition coefficient (Wildman–Crippen LogP) is 1.97. The van der Waals surface area contributed by atoms with Gasteiger partial charge in [0, 0.05) is 37.6 Å². The lowest BCUT2D eigenvalue weighted by molar-refractivity contribution is -0.136. The maximum atomic E-state index is 12.9. The highest BCUT2D eigenvalue weighted by molar-refractivity contribution is 7.09. The molecule has 3 heterocycles. The average Bonchev–Trinajstić information content (AvgIpc) is 3.24. The molecule has 0 bridgehead atoms. The Bertz CT molecular complexity index is 925. The van der Waals surface area contributed by atoms with Gasteiger partial charge in [-0.05, 0) is 25.1 Å². The van der Waals surface area contributed by atoms with Crippen LogP contribution in [-0.2, 0) is 25.5 Å². The quantitative estimate of drug-likeness (QED) is 0.696. The molecule has 2 aromatic rings. The highest BCUT2D eigenvalue weighted by Gasteiger charge is 2.34. The summed E-state index contributed by atoms with van der Waals surface area (Å²) in [6, 6.07) is 5.65. The minimum atomic E-state index is -0.638. The van der Waals surface area contributed by atoms with Gasteiger partial charge in [-0.25, -0.2) is 4.98 Å². The number of rotatable bonds is 6. The average molecular weight is 432 g/mol. The summed E-state index contributed by atoms with van der Waals surface area (Å²) in [6.07, 6.45) is 0.117. The number of hydrogen-bond acceptors (Lipinski definition) is 7. The molecule has 4 rings (SSSR count). The number of aromatic nitrogens is 1. The Labute approximate surface area is 179 Å². The molecule has 8 nitrogen and oxygen atoms in total. The van der Waals surface area contributed by atoms with Crippen LogP contribution in [0.15, 0.2) is 23.6 Å². The van der Waals surface area contributed by atoms with Gasteiger partial charge < -0.3 is 19.1 Å². The molecule has 2 aliphatic heterocycles. The van der Waals surface area contributed by atoms with E-state index >= 15 is 0 Å². The zero-order chi connectivity index (χ0) is 21.1. The van der Waals surface area contributed by atoms with Crippen molar-refractivity contribution < 1.29 is 23.8 Å². The van der Waals surface area contributed by atoms with E-state index in [1.54, 1.807) is 30.3 Å². The van der Waals surface area contributed by atoms with E-state index in [1.807, 2.05) is 23.6 Å². The molecule has 160 valence electrons. The van der Waals surface area contributed by atoms with Gasteiger partial charge in [0.1, 0.15) is 12.3 Å². The van der Waals surface area contributed by atoms with Crippen LogP contribution in [0, 0.1) is 0 Å². The first-order chi connectivity index (χ1) is 14.6. The summed E-state index contributed by atoms with van der Waals surface area (Å²) >= 11 is 1.58. The van der Waals surface area contributed by atoms with Gasteiger partial charge >= 0.3 is 0 Å². The Hall–Kier alpha value is -2.49. The van der Waals surface area contributed by atoms with Crippen molar-refractivity contribution >= 4 is 28.8 Å². The molecular formula is C21H25N3O5S. The summed E-state index contributed by atoms with van der Waals surface area (Å²) in [5.41, 5.74) is 2.31. The number of methoxy groups -OCH3 is 1. The molecule has 30 heavy (non-hydrogen) atoms. The number of anilines is 1. The minimum absolute atomic E-state index is 0.0147. The molecule has 0 aliphatic carbocycles. The summed E-state index contributed by atoms with van der Waals surface area (Å²) in [4.78, 5) is 33.6. The number of nitrogens with zero attached hydrogens (tertiary/aromatic N) is 3. The van der Waals surface area contributed by atoms with Crippen LogP contribution >= 0.6 is 11.3 Å². The molecule has 9 heteroatoms. The molecule has 0 spiro atoms. The highest BCUT2D eigenvalue weighted by atomic mass is 32.1. The van der Waals surface area contributed by atoms with Crippen molar-refractivity contribution in [1.29, 1.82) is 0 Å². The second kappa shape index (κ2) is 9.11. The topological polar surface area (TPSA) is 81.2 Å². The van der Waals surface area contributed by atoms with Crippen LogP contribution in [0.3, 0.4) is 0 Å². The Kier molecular flexibility index (Phi) is 6.31. The number of carbonyl (C=O) groups excluding carboxylic acids is 2. The van der Waals surface area contributed by atoms with E-state index in [1.165, 1.54) is 4.90 Å². The van der Waals surface area contributed by atoms with Crippen LogP contribution in [-0.4, -0.2) is 74.4 Å². The first kappa shape index (κ1) is 20.8. The van der Waals surface area contributed by atoms with Crippen molar-refractivity contribution in [2.45, 2.75) is 19.4 Å². The number of thiazole rings is 1. The third-order valence-corrected chi connectivity index (χ3v) is 6.10. The number of morpholine rings is 1. The van der Waals surface area contributed by atoms with Crippen molar-refractivity contribution in [2.75, 3.05) is 51.5 Å². The lowest BCUT2D eigenvalue weighted by Gasteiger charge is -2.35. The van der Waals surface area contributed by atoms with E-state index < -0.39 is 6.10 Å². The van der Waals surface area contributed by atoms with Crippen LogP contribution in [0.25, 0.3) is 11.3 Å². The third-order valence-electron chi connectivity index (χ3n) is 5.19. The molecule has 0 saturated carbocycles. The van der Waals surface area contributed by atoms with Crippen molar-refractivity contribution in [3.8, 4) is 17.0 Å². The van der Waals surface area contributed by atoms with Gasteiger partial charge in [0.05, 0.1) is 36.2 Å². The number of benzene rings is 1. The van der Waals surface area contributed by atoms with Crippen LogP contribution in [0.1, 0.15) is 11.9 Å². The fourth-order valence-corrected chi connectivity index (χ4v) is 4.31. The van der Waals surface area contributed by atoms with Crippen LogP contribution in [0.4, 0.5) is 5.69 Å². The smallest absolute Gasteiger partial charge is 0.268 e. The molecule has 1 atom stereocenters. The number of fused-ring (bicyclic) bond motifs is 1. The lowest BCUT2D eigenvalue weighted by Crippen LogP contribution is -2.51. The van der Waals surface area contributed by atoms with Crippen molar-refractivity contribution in [2.24, 2.45) is 0 Å². The fourth-order valence-electron chi connectivity index (χ4n) is 3.53. The van der Waals surface area contributed by atoms with Crippen molar-refractivity contribution in [1.82, 2.24) is 9.88 Å². The summed E-state index contributed by atoms with van der Waals surface area (Å²) in [7, 11) is 1.67. The molecule has 2 amide bonds. The third kappa shape index (κ3) is 4.33. The number of amides is 2. The van der Waals surface area contributed by atoms with E-state index in [-0.39, 0.29) is 18.4 Å². The Balaban J connectivity index is 1.59. The van der Waals surface area contributed by atoms with Gasteiger partial charge in [-0.1, -0.05) is 0 Å². The summed E-state index contributed by atoms with van der Waals surface area (Å²) in [5, 5.41) is 2.98. The predicted molar refractivity (Wildman–Crippen MR) is 113 cm³/mol. The first-order valence-electron chi connectivity index (χ1n) is 9.98.